The van der Waals surface area contributed by atoms with Gasteiger partial charge in [-0.05, 0) is 63.5 Å². The molecule has 0 aliphatic rings. The molecule has 0 radical (unpaired) electrons. The minimum atomic E-state index is 0.196. The second-order valence-electron chi connectivity index (χ2n) is 6.17. The first kappa shape index (κ1) is 16.2. The van der Waals surface area contributed by atoms with E-state index in [2.05, 4.69) is 56.5 Å². The lowest BCUT2D eigenvalue weighted by Crippen LogP contribution is -2.33. The number of unbranched alkanes of at least 4 members (excludes halogenated alkanes) is 1. The van der Waals surface area contributed by atoms with Crippen molar-refractivity contribution in [1.82, 2.24) is 10.6 Å². The number of rotatable bonds is 8. The topological polar surface area (TPSA) is 24.1 Å². The fourth-order valence-corrected chi connectivity index (χ4v) is 2.22. The zero-order chi connectivity index (χ0) is 14.3. The molecule has 0 amide bonds. The molecule has 0 saturated heterocycles. The van der Waals surface area contributed by atoms with Crippen LogP contribution in [0.25, 0.3) is 0 Å². The Hall–Kier alpha value is -0.860. The molecule has 1 rings (SSSR count). The van der Waals surface area contributed by atoms with Crippen molar-refractivity contribution in [3.05, 3.63) is 34.9 Å². The number of aryl methyl sites for hydroxylation is 2. The molecule has 0 bridgehead atoms. The highest BCUT2D eigenvalue weighted by Crippen LogP contribution is 2.24. The third-order valence-corrected chi connectivity index (χ3v) is 3.89. The van der Waals surface area contributed by atoms with Crippen LogP contribution in [0, 0.1) is 13.8 Å². The first-order valence-corrected chi connectivity index (χ1v) is 7.40. The van der Waals surface area contributed by atoms with E-state index in [9.17, 15) is 0 Å². The van der Waals surface area contributed by atoms with E-state index in [1.54, 1.807) is 0 Å². The Morgan fingerprint density at radius 3 is 2.32 bits per heavy atom. The van der Waals surface area contributed by atoms with Crippen molar-refractivity contribution in [3.8, 4) is 0 Å². The molecule has 2 N–H and O–H groups in total. The summed E-state index contributed by atoms with van der Waals surface area (Å²) in [5.41, 5.74) is 4.39. The van der Waals surface area contributed by atoms with E-state index in [1.807, 2.05) is 7.05 Å². The van der Waals surface area contributed by atoms with Crippen LogP contribution < -0.4 is 10.6 Å². The maximum atomic E-state index is 3.59. The lowest BCUT2D eigenvalue weighted by Gasteiger charge is -2.26. The minimum Gasteiger partial charge on any atom is -0.320 e. The summed E-state index contributed by atoms with van der Waals surface area (Å²) in [6, 6.07) is 6.84. The maximum Gasteiger partial charge on any atom is 0.00431 e. The molecule has 1 aromatic carbocycles. The van der Waals surface area contributed by atoms with Gasteiger partial charge < -0.3 is 10.6 Å². The van der Waals surface area contributed by atoms with Crippen molar-refractivity contribution in [3.63, 3.8) is 0 Å². The van der Waals surface area contributed by atoms with Crippen LogP contribution >= 0.6 is 0 Å². The molecule has 19 heavy (non-hydrogen) atoms. The van der Waals surface area contributed by atoms with Gasteiger partial charge in [0.05, 0.1) is 0 Å². The van der Waals surface area contributed by atoms with Crippen LogP contribution in [0.15, 0.2) is 18.2 Å². The predicted octanol–water partition coefficient (Wildman–Crippen LogP) is 3.17. The zero-order valence-electron chi connectivity index (χ0n) is 13.3. The highest BCUT2D eigenvalue weighted by Gasteiger charge is 2.20. The van der Waals surface area contributed by atoms with Gasteiger partial charge in [0.25, 0.3) is 0 Å². The van der Waals surface area contributed by atoms with Gasteiger partial charge in [0.15, 0.2) is 0 Å². The molecule has 0 heterocycles. The molecule has 0 unspecified atom stereocenters. The normalized spacial score (nSPS) is 11.8. The van der Waals surface area contributed by atoms with Crippen LogP contribution in [0.1, 0.15) is 43.4 Å². The van der Waals surface area contributed by atoms with Gasteiger partial charge in [0, 0.05) is 12.0 Å². The van der Waals surface area contributed by atoms with Crippen LogP contribution in [-0.2, 0) is 5.41 Å². The van der Waals surface area contributed by atoms with Crippen molar-refractivity contribution in [2.45, 2.75) is 46.0 Å². The quantitative estimate of drug-likeness (QED) is 0.703. The Kier molecular flexibility index (Phi) is 6.53. The number of hydrogen-bond acceptors (Lipinski definition) is 2. The third kappa shape index (κ3) is 5.33. The Morgan fingerprint density at radius 1 is 1.00 bits per heavy atom. The molecule has 0 fully saturated rings. The average Bonchev–Trinajstić information content (AvgIpc) is 2.36. The summed E-state index contributed by atoms with van der Waals surface area (Å²) >= 11 is 0. The van der Waals surface area contributed by atoms with Crippen molar-refractivity contribution in [2.24, 2.45) is 0 Å². The smallest absolute Gasteiger partial charge is 0.00431 e. The van der Waals surface area contributed by atoms with Crippen molar-refractivity contribution >= 4 is 0 Å². The van der Waals surface area contributed by atoms with Gasteiger partial charge in [-0.2, -0.15) is 0 Å². The van der Waals surface area contributed by atoms with Crippen LogP contribution in [0.3, 0.4) is 0 Å². The van der Waals surface area contributed by atoms with Gasteiger partial charge in [-0.25, -0.2) is 0 Å². The molecule has 0 spiro atoms. The third-order valence-electron chi connectivity index (χ3n) is 3.89. The van der Waals surface area contributed by atoms with Crippen LogP contribution in [-0.4, -0.2) is 26.7 Å². The van der Waals surface area contributed by atoms with Crippen molar-refractivity contribution in [1.29, 1.82) is 0 Å². The molecule has 0 aromatic heterocycles. The summed E-state index contributed by atoms with van der Waals surface area (Å²) in [4.78, 5) is 0. The van der Waals surface area contributed by atoms with E-state index in [-0.39, 0.29) is 5.41 Å². The molecular formula is C17H30N2. The van der Waals surface area contributed by atoms with Gasteiger partial charge in [-0.1, -0.05) is 32.0 Å². The van der Waals surface area contributed by atoms with E-state index in [0.29, 0.717) is 0 Å². The first-order chi connectivity index (χ1) is 8.97. The van der Waals surface area contributed by atoms with Crippen LogP contribution in [0.5, 0.6) is 0 Å². The first-order valence-electron chi connectivity index (χ1n) is 7.40. The fraction of sp³-hybridized carbons (Fsp3) is 0.647. The highest BCUT2D eigenvalue weighted by molar-refractivity contribution is 5.34. The Labute approximate surface area is 119 Å². The second kappa shape index (κ2) is 7.66. The second-order valence-corrected chi connectivity index (χ2v) is 6.17. The lowest BCUT2D eigenvalue weighted by atomic mass is 9.83. The van der Waals surface area contributed by atoms with E-state index >= 15 is 0 Å². The Morgan fingerprint density at radius 2 is 1.68 bits per heavy atom. The molecular weight excluding hydrogens is 232 g/mol. The summed E-state index contributed by atoms with van der Waals surface area (Å²) in [6.45, 7) is 12.3. The minimum absolute atomic E-state index is 0.196. The van der Waals surface area contributed by atoms with Crippen LogP contribution in [0.2, 0.25) is 0 Å². The lowest BCUT2D eigenvalue weighted by molar-refractivity contribution is 0.462. The molecule has 0 saturated carbocycles. The van der Waals surface area contributed by atoms with E-state index in [1.165, 1.54) is 29.5 Å². The summed E-state index contributed by atoms with van der Waals surface area (Å²) in [6.07, 6.45) is 2.48. The summed E-state index contributed by atoms with van der Waals surface area (Å²) in [5.74, 6) is 0. The zero-order valence-corrected chi connectivity index (χ0v) is 13.3. The van der Waals surface area contributed by atoms with Crippen molar-refractivity contribution in [2.75, 3.05) is 26.7 Å². The molecule has 2 nitrogen and oxygen atoms in total. The van der Waals surface area contributed by atoms with E-state index in [4.69, 9.17) is 0 Å². The number of hydrogen-bond donors (Lipinski definition) is 2. The molecule has 0 aliphatic heterocycles. The van der Waals surface area contributed by atoms with Gasteiger partial charge in [-0.3, -0.25) is 0 Å². The molecule has 2 heteroatoms. The largest absolute Gasteiger partial charge is 0.320 e. The monoisotopic (exact) mass is 262 g/mol. The predicted molar refractivity (Wildman–Crippen MR) is 85.0 cm³/mol. The Balaban J connectivity index is 2.44. The van der Waals surface area contributed by atoms with Gasteiger partial charge >= 0.3 is 0 Å². The number of nitrogens with one attached hydrogen (secondary N) is 2. The molecule has 108 valence electrons. The summed E-state index contributed by atoms with van der Waals surface area (Å²) in [5, 5.41) is 6.77. The summed E-state index contributed by atoms with van der Waals surface area (Å²) < 4.78 is 0. The van der Waals surface area contributed by atoms with Gasteiger partial charge in [0.2, 0.25) is 0 Å². The van der Waals surface area contributed by atoms with Crippen molar-refractivity contribution < 1.29 is 0 Å². The van der Waals surface area contributed by atoms with E-state index in [0.717, 1.165) is 19.6 Å². The maximum absolute atomic E-state index is 3.59. The van der Waals surface area contributed by atoms with Gasteiger partial charge in [0.1, 0.15) is 0 Å². The van der Waals surface area contributed by atoms with Crippen LogP contribution in [0.4, 0.5) is 0 Å². The van der Waals surface area contributed by atoms with E-state index < -0.39 is 0 Å². The molecule has 1 aromatic rings. The highest BCUT2D eigenvalue weighted by atomic mass is 14.9. The molecule has 0 aliphatic carbocycles. The molecule has 0 atom stereocenters. The fourth-order valence-electron chi connectivity index (χ4n) is 2.22. The standard InChI is InChI=1S/C17H30N2/c1-14-8-9-16(12-15(14)2)17(3,4)13-19-11-7-6-10-18-5/h8-9,12,18-19H,6-7,10-11,13H2,1-5H3. The number of benzene rings is 1. The Bertz CT molecular complexity index is 383. The van der Waals surface area contributed by atoms with Gasteiger partial charge in [-0.15, -0.1) is 0 Å². The SMILES string of the molecule is CNCCCCNCC(C)(C)c1ccc(C)c(C)c1. The average molecular weight is 262 g/mol. The summed E-state index contributed by atoms with van der Waals surface area (Å²) in [7, 11) is 2.01.